The Labute approximate surface area is 210 Å². The fourth-order valence-corrected chi connectivity index (χ4v) is 3.15. The normalized spacial score (nSPS) is 24.3. The summed E-state index contributed by atoms with van der Waals surface area (Å²) in [5, 5.41) is 0. The van der Waals surface area contributed by atoms with E-state index in [0.29, 0.717) is 0 Å². The van der Waals surface area contributed by atoms with E-state index < -0.39 is 66.8 Å². The summed E-state index contributed by atoms with van der Waals surface area (Å²) >= 11 is 0. The summed E-state index contributed by atoms with van der Waals surface area (Å²) in [6.45, 7) is 11.2. The molecule has 0 radical (unpaired) electrons. The number of Topliss-reactive ketones (excluding diaryl/α,β-unsaturated/α-hetero) is 1. The predicted molar refractivity (Wildman–Crippen MR) is 122 cm³/mol. The molecule has 0 aromatic heterocycles. The summed E-state index contributed by atoms with van der Waals surface area (Å²) in [6.07, 6.45) is -5.38. The average molecular weight is 517 g/mol. The molecular weight excluding hydrogens is 480 g/mol. The van der Waals surface area contributed by atoms with Crippen LogP contribution in [0.4, 0.5) is 0 Å². The molecule has 1 rings (SSSR count). The topological polar surface area (TPSA) is 150 Å². The third kappa shape index (κ3) is 10.7. The van der Waals surface area contributed by atoms with Crippen LogP contribution in [-0.2, 0) is 57.1 Å². The second-order valence-corrected chi connectivity index (χ2v) is 9.02. The molecule has 1 heterocycles. The van der Waals surface area contributed by atoms with E-state index >= 15 is 0 Å². The van der Waals surface area contributed by atoms with Crippen LogP contribution in [0.15, 0.2) is 11.8 Å². The highest BCUT2D eigenvalue weighted by Crippen LogP contribution is 2.30. The number of esters is 4. The molecule has 0 aliphatic carbocycles. The van der Waals surface area contributed by atoms with E-state index in [1.807, 2.05) is 20.8 Å². The molecule has 0 aromatic carbocycles. The largest absolute Gasteiger partial charge is 0.468 e. The zero-order valence-electron chi connectivity index (χ0n) is 22.0. The molecule has 1 aliphatic rings. The van der Waals surface area contributed by atoms with Crippen molar-refractivity contribution in [1.29, 1.82) is 0 Å². The second-order valence-electron chi connectivity index (χ2n) is 9.02. The highest BCUT2D eigenvalue weighted by Gasteiger charge is 2.53. The van der Waals surface area contributed by atoms with Crippen molar-refractivity contribution in [3.63, 3.8) is 0 Å². The van der Waals surface area contributed by atoms with Crippen LogP contribution in [0, 0.1) is 0 Å². The van der Waals surface area contributed by atoms with Gasteiger partial charge in [-0.1, -0.05) is 6.92 Å². The highest BCUT2D eigenvalue weighted by atomic mass is 16.7. The molecule has 36 heavy (non-hydrogen) atoms. The van der Waals surface area contributed by atoms with E-state index in [-0.39, 0.29) is 24.4 Å². The number of ether oxygens (including phenoxy) is 7. The Morgan fingerprint density at radius 2 is 1.33 bits per heavy atom. The SMILES string of the molecule is CCC(=O)/C(=C/O[C@@H]1O[C@H](COC(C)=O)[C@@H](OC(C)=O)[C@H](OC(C)=O)[C@H]1OC(C)=O)COC(C)(C)C. The molecule has 204 valence electrons. The van der Waals surface area contributed by atoms with Gasteiger partial charge in [0, 0.05) is 34.1 Å². The quantitative estimate of drug-likeness (QED) is 0.170. The number of hydrogen-bond donors (Lipinski definition) is 0. The van der Waals surface area contributed by atoms with Crippen LogP contribution >= 0.6 is 0 Å². The van der Waals surface area contributed by atoms with Crippen LogP contribution in [0.25, 0.3) is 0 Å². The van der Waals surface area contributed by atoms with Crippen molar-refractivity contribution in [3.8, 4) is 0 Å². The number of ketones is 1. The average Bonchev–Trinajstić information content (AvgIpc) is 2.73. The van der Waals surface area contributed by atoms with Crippen molar-refractivity contribution >= 4 is 29.7 Å². The molecule has 0 saturated carbocycles. The van der Waals surface area contributed by atoms with Gasteiger partial charge < -0.3 is 33.2 Å². The van der Waals surface area contributed by atoms with Gasteiger partial charge in [-0.3, -0.25) is 24.0 Å². The number of hydrogen-bond acceptors (Lipinski definition) is 12. The van der Waals surface area contributed by atoms with Gasteiger partial charge in [-0.25, -0.2) is 0 Å². The Kier molecular flexibility index (Phi) is 12.0. The Balaban J connectivity index is 3.43. The molecule has 0 N–H and O–H groups in total. The molecular formula is C24H36O12. The third-order valence-corrected chi connectivity index (χ3v) is 4.63. The summed E-state index contributed by atoms with van der Waals surface area (Å²) < 4.78 is 38.2. The van der Waals surface area contributed by atoms with Gasteiger partial charge in [0.05, 0.1) is 24.0 Å². The Hall–Kier alpha value is -2.99. The highest BCUT2D eigenvalue weighted by molar-refractivity contribution is 5.95. The molecule has 1 fully saturated rings. The van der Waals surface area contributed by atoms with Crippen LogP contribution in [0.2, 0.25) is 0 Å². The maximum atomic E-state index is 12.4. The Morgan fingerprint density at radius 1 is 0.806 bits per heavy atom. The van der Waals surface area contributed by atoms with Crippen molar-refractivity contribution in [2.75, 3.05) is 13.2 Å². The minimum atomic E-state index is -1.43. The zero-order chi connectivity index (χ0) is 27.6. The van der Waals surface area contributed by atoms with Gasteiger partial charge in [-0.15, -0.1) is 0 Å². The van der Waals surface area contributed by atoms with Crippen LogP contribution in [-0.4, -0.2) is 79.2 Å². The third-order valence-electron chi connectivity index (χ3n) is 4.63. The first-order valence-electron chi connectivity index (χ1n) is 11.5. The lowest BCUT2D eigenvalue weighted by molar-refractivity contribution is -0.297. The minimum absolute atomic E-state index is 0.0680. The lowest BCUT2D eigenvalue weighted by Gasteiger charge is -2.43. The van der Waals surface area contributed by atoms with Gasteiger partial charge in [-0.05, 0) is 20.8 Å². The lowest BCUT2D eigenvalue weighted by atomic mass is 9.98. The van der Waals surface area contributed by atoms with Gasteiger partial charge >= 0.3 is 23.9 Å². The Morgan fingerprint density at radius 3 is 1.81 bits per heavy atom. The summed E-state index contributed by atoms with van der Waals surface area (Å²) in [6, 6.07) is 0. The standard InChI is InChI=1S/C24H36O12/c1-9-18(29)17(11-32-24(6,7)8)10-31-23-22(35-16(5)28)21(34-15(4)27)20(33-14(3)26)19(36-23)12-30-13(2)25/h10,19-23H,9,11-12H2,1-8H3/b17-10+/t19-,20-,21+,22-,23-/m1/s1. The minimum Gasteiger partial charge on any atom is -0.468 e. The lowest BCUT2D eigenvalue weighted by Crippen LogP contribution is -2.62. The first kappa shape index (κ1) is 31.0. The first-order valence-corrected chi connectivity index (χ1v) is 11.5. The van der Waals surface area contributed by atoms with Crippen molar-refractivity contribution in [3.05, 3.63) is 11.8 Å². The molecule has 0 amide bonds. The Bertz CT molecular complexity index is 841. The monoisotopic (exact) mass is 516 g/mol. The molecule has 0 aromatic rings. The van der Waals surface area contributed by atoms with Crippen molar-refractivity contribution in [2.24, 2.45) is 0 Å². The van der Waals surface area contributed by atoms with Crippen LogP contribution in [0.1, 0.15) is 61.8 Å². The second kappa shape index (κ2) is 13.9. The van der Waals surface area contributed by atoms with Crippen molar-refractivity contribution in [2.45, 2.75) is 98.1 Å². The fourth-order valence-electron chi connectivity index (χ4n) is 3.15. The maximum absolute atomic E-state index is 12.4. The molecule has 0 spiro atoms. The van der Waals surface area contributed by atoms with Crippen molar-refractivity contribution < 1.29 is 57.1 Å². The van der Waals surface area contributed by atoms with Crippen LogP contribution in [0.5, 0.6) is 0 Å². The van der Waals surface area contributed by atoms with Gasteiger partial charge in [0.1, 0.15) is 12.7 Å². The van der Waals surface area contributed by atoms with Gasteiger partial charge in [0.15, 0.2) is 18.0 Å². The van der Waals surface area contributed by atoms with Crippen LogP contribution in [0.3, 0.4) is 0 Å². The van der Waals surface area contributed by atoms with E-state index in [9.17, 15) is 24.0 Å². The number of rotatable bonds is 11. The van der Waals surface area contributed by atoms with Gasteiger partial charge in [-0.2, -0.15) is 0 Å². The molecule has 1 saturated heterocycles. The van der Waals surface area contributed by atoms with Crippen LogP contribution < -0.4 is 0 Å². The van der Waals surface area contributed by atoms with E-state index in [1.54, 1.807) is 6.92 Å². The summed E-state index contributed by atoms with van der Waals surface area (Å²) in [5.74, 6) is -3.18. The van der Waals surface area contributed by atoms with Gasteiger partial charge in [0.25, 0.3) is 0 Å². The molecule has 0 bridgehead atoms. The predicted octanol–water partition coefficient (Wildman–Crippen LogP) is 1.76. The zero-order valence-corrected chi connectivity index (χ0v) is 22.0. The fraction of sp³-hybridized carbons (Fsp3) is 0.708. The number of carbonyl (C=O) groups is 5. The summed E-state index contributed by atoms with van der Waals surface area (Å²) in [5.41, 5.74) is -0.359. The maximum Gasteiger partial charge on any atom is 0.303 e. The molecule has 0 unspecified atom stereocenters. The number of carbonyl (C=O) groups excluding carboxylic acids is 5. The summed E-state index contributed by atoms with van der Waals surface area (Å²) in [4.78, 5) is 59.4. The first-order chi connectivity index (χ1) is 16.6. The van der Waals surface area contributed by atoms with Crippen molar-refractivity contribution in [1.82, 2.24) is 0 Å². The van der Waals surface area contributed by atoms with E-state index in [0.717, 1.165) is 27.0 Å². The molecule has 5 atom stereocenters. The van der Waals surface area contributed by atoms with E-state index in [1.165, 1.54) is 6.92 Å². The van der Waals surface area contributed by atoms with Gasteiger partial charge in [0.2, 0.25) is 12.4 Å². The van der Waals surface area contributed by atoms with E-state index in [2.05, 4.69) is 0 Å². The summed E-state index contributed by atoms with van der Waals surface area (Å²) in [7, 11) is 0. The van der Waals surface area contributed by atoms with E-state index in [4.69, 9.17) is 33.2 Å². The molecule has 12 nitrogen and oxygen atoms in total. The smallest absolute Gasteiger partial charge is 0.303 e. The molecule has 12 heteroatoms. The molecule has 1 aliphatic heterocycles.